The maximum atomic E-state index is 11.9. The van der Waals surface area contributed by atoms with Crippen LogP contribution in [0.15, 0.2) is 12.4 Å². The van der Waals surface area contributed by atoms with E-state index in [1.165, 1.54) is 6.33 Å². The summed E-state index contributed by atoms with van der Waals surface area (Å²) in [4.78, 5) is 19.8. The summed E-state index contributed by atoms with van der Waals surface area (Å²) in [6.45, 7) is 6.12. The molecule has 0 aliphatic rings. The lowest BCUT2D eigenvalue weighted by atomic mass is 9.92. The molecule has 5 heteroatoms. The molecule has 0 saturated carbocycles. The van der Waals surface area contributed by atoms with E-state index in [0.29, 0.717) is 18.5 Å². The average Bonchev–Trinajstić information content (AvgIpc) is 2.37. The van der Waals surface area contributed by atoms with Gasteiger partial charge in [0.25, 0.3) is 5.91 Å². The van der Waals surface area contributed by atoms with Crippen molar-refractivity contribution in [3.63, 3.8) is 0 Å². The Morgan fingerprint density at radius 1 is 1.32 bits per heavy atom. The van der Waals surface area contributed by atoms with Gasteiger partial charge in [-0.05, 0) is 25.8 Å². The summed E-state index contributed by atoms with van der Waals surface area (Å²) in [5, 5.41) is 13.2. The van der Waals surface area contributed by atoms with Crippen LogP contribution in [0.1, 0.15) is 55.7 Å². The lowest BCUT2D eigenvalue weighted by molar-refractivity contribution is 0.0212. The zero-order chi connectivity index (χ0) is 14.3. The number of aromatic nitrogens is 2. The van der Waals surface area contributed by atoms with Gasteiger partial charge in [0, 0.05) is 12.2 Å². The van der Waals surface area contributed by atoms with Crippen molar-refractivity contribution in [2.75, 3.05) is 6.54 Å². The molecule has 1 heterocycles. The van der Waals surface area contributed by atoms with E-state index in [2.05, 4.69) is 15.3 Å². The largest absolute Gasteiger partial charge is 0.388 e. The van der Waals surface area contributed by atoms with Gasteiger partial charge in [-0.2, -0.15) is 0 Å². The molecule has 0 saturated heterocycles. The average molecular weight is 265 g/mol. The monoisotopic (exact) mass is 265 g/mol. The highest BCUT2D eigenvalue weighted by atomic mass is 16.3. The van der Waals surface area contributed by atoms with Crippen LogP contribution in [-0.4, -0.2) is 33.1 Å². The zero-order valence-corrected chi connectivity index (χ0v) is 11.9. The third-order valence-corrected chi connectivity index (χ3v) is 3.05. The van der Waals surface area contributed by atoms with E-state index in [0.717, 1.165) is 18.5 Å². The molecule has 1 amide bonds. The van der Waals surface area contributed by atoms with Gasteiger partial charge in [0.1, 0.15) is 12.0 Å². The van der Waals surface area contributed by atoms with E-state index in [4.69, 9.17) is 0 Å². The number of rotatable bonds is 7. The number of hydrogen-bond donors (Lipinski definition) is 2. The van der Waals surface area contributed by atoms with Crippen molar-refractivity contribution in [3.05, 3.63) is 23.8 Å². The van der Waals surface area contributed by atoms with Gasteiger partial charge in [-0.1, -0.05) is 26.7 Å². The summed E-state index contributed by atoms with van der Waals surface area (Å²) in [7, 11) is 0. The fourth-order valence-corrected chi connectivity index (χ4v) is 2.15. The van der Waals surface area contributed by atoms with Crippen LogP contribution in [0.25, 0.3) is 0 Å². The molecule has 1 rings (SSSR count). The van der Waals surface area contributed by atoms with E-state index in [1.54, 1.807) is 6.07 Å². The maximum Gasteiger partial charge on any atom is 0.270 e. The molecule has 1 aromatic heterocycles. The molecule has 106 valence electrons. The SMILES string of the molecule is CCCC(O)(CCC)CNC(=O)c1cc(C)ncn1. The van der Waals surface area contributed by atoms with Crippen molar-refractivity contribution in [3.8, 4) is 0 Å². The van der Waals surface area contributed by atoms with Gasteiger partial charge in [-0.25, -0.2) is 9.97 Å². The highest BCUT2D eigenvalue weighted by molar-refractivity contribution is 5.92. The minimum Gasteiger partial charge on any atom is -0.388 e. The Labute approximate surface area is 114 Å². The molecule has 0 radical (unpaired) electrons. The van der Waals surface area contributed by atoms with E-state index in [9.17, 15) is 9.90 Å². The molecule has 19 heavy (non-hydrogen) atoms. The normalized spacial score (nSPS) is 11.4. The van der Waals surface area contributed by atoms with Crippen molar-refractivity contribution in [1.82, 2.24) is 15.3 Å². The summed E-state index contributed by atoms with van der Waals surface area (Å²) < 4.78 is 0. The Balaban J connectivity index is 2.61. The predicted octanol–water partition coefficient (Wildman–Crippen LogP) is 1.85. The fourth-order valence-electron chi connectivity index (χ4n) is 2.15. The molecule has 0 atom stereocenters. The Hall–Kier alpha value is -1.49. The Morgan fingerprint density at radius 2 is 1.95 bits per heavy atom. The summed E-state index contributed by atoms with van der Waals surface area (Å²) in [5.41, 5.74) is 0.265. The fraction of sp³-hybridized carbons (Fsp3) is 0.643. The molecular formula is C14H23N3O2. The Bertz CT molecular complexity index is 415. The minimum atomic E-state index is -0.818. The summed E-state index contributed by atoms with van der Waals surface area (Å²) in [6, 6.07) is 1.63. The second-order valence-corrected chi connectivity index (χ2v) is 4.95. The molecule has 2 N–H and O–H groups in total. The second-order valence-electron chi connectivity index (χ2n) is 4.95. The van der Waals surface area contributed by atoms with Crippen LogP contribution < -0.4 is 5.32 Å². The van der Waals surface area contributed by atoms with Crippen molar-refractivity contribution in [2.45, 2.75) is 52.1 Å². The molecule has 0 bridgehead atoms. The zero-order valence-electron chi connectivity index (χ0n) is 11.9. The molecule has 5 nitrogen and oxygen atoms in total. The number of hydrogen-bond acceptors (Lipinski definition) is 4. The van der Waals surface area contributed by atoms with Gasteiger partial charge in [0.15, 0.2) is 0 Å². The van der Waals surface area contributed by atoms with Crippen molar-refractivity contribution in [1.29, 1.82) is 0 Å². The number of nitrogens with zero attached hydrogens (tertiary/aromatic N) is 2. The summed E-state index contributed by atoms with van der Waals surface area (Å²) >= 11 is 0. The molecule has 0 aliphatic heterocycles. The quantitative estimate of drug-likeness (QED) is 0.789. The number of aryl methyl sites for hydroxylation is 1. The molecule has 0 aliphatic carbocycles. The van der Waals surface area contributed by atoms with Crippen molar-refractivity contribution in [2.24, 2.45) is 0 Å². The van der Waals surface area contributed by atoms with E-state index in [-0.39, 0.29) is 12.5 Å². The summed E-state index contributed by atoms with van der Waals surface area (Å²) in [6.07, 6.45) is 4.51. The third-order valence-electron chi connectivity index (χ3n) is 3.05. The first-order valence-corrected chi connectivity index (χ1v) is 6.80. The van der Waals surface area contributed by atoms with Gasteiger partial charge in [0.05, 0.1) is 5.60 Å². The molecule has 0 spiro atoms. The topological polar surface area (TPSA) is 75.1 Å². The number of amides is 1. The lowest BCUT2D eigenvalue weighted by Gasteiger charge is -2.27. The van der Waals surface area contributed by atoms with Crippen LogP contribution in [-0.2, 0) is 0 Å². The molecular weight excluding hydrogens is 242 g/mol. The van der Waals surface area contributed by atoms with E-state index >= 15 is 0 Å². The molecule has 0 unspecified atom stereocenters. The summed E-state index contributed by atoms with van der Waals surface area (Å²) in [5.74, 6) is -0.267. The van der Waals surface area contributed by atoms with Gasteiger partial charge < -0.3 is 10.4 Å². The van der Waals surface area contributed by atoms with Crippen LogP contribution in [0.5, 0.6) is 0 Å². The number of nitrogens with one attached hydrogen (secondary N) is 1. The molecule has 0 fully saturated rings. The van der Waals surface area contributed by atoms with Crippen LogP contribution >= 0.6 is 0 Å². The molecule has 0 aromatic carbocycles. The van der Waals surface area contributed by atoms with Crippen LogP contribution in [0, 0.1) is 6.92 Å². The van der Waals surface area contributed by atoms with Gasteiger partial charge >= 0.3 is 0 Å². The van der Waals surface area contributed by atoms with Crippen molar-refractivity contribution < 1.29 is 9.90 Å². The Kier molecular flexibility index (Phi) is 5.89. The third kappa shape index (κ3) is 4.95. The maximum absolute atomic E-state index is 11.9. The van der Waals surface area contributed by atoms with Crippen LogP contribution in [0.4, 0.5) is 0 Å². The first kappa shape index (κ1) is 15.6. The van der Waals surface area contributed by atoms with E-state index in [1.807, 2.05) is 20.8 Å². The lowest BCUT2D eigenvalue weighted by Crippen LogP contribution is -2.43. The second kappa shape index (κ2) is 7.19. The van der Waals surface area contributed by atoms with Gasteiger partial charge in [-0.15, -0.1) is 0 Å². The van der Waals surface area contributed by atoms with Gasteiger partial charge in [0.2, 0.25) is 0 Å². The number of carbonyl (C=O) groups is 1. The first-order chi connectivity index (χ1) is 9.00. The minimum absolute atomic E-state index is 0.260. The van der Waals surface area contributed by atoms with Crippen LogP contribution in [0.3, 0.4) is 0 Å². The predicted molar refractivity (Wildman–Crippen MR) is 73.9 cm³/mol. The standard InChI is InChI=1S/C14H23N3O2/c1-4-6-14(19,7-5-2)9-15-13(18)12-8-11(3)16-10-17-12/h8,10,19H,4-7,9H2,1-3H3,(H,15,18). The molecule has 1 aromatic rings. The van der Waals surface area contributed by atoms with E-state index < -0.39 is 5.60 Å². The van der Waals surface area contributed by atoms with Gasteiger partial charge in [-0.3, -0.25) is 4.79 Å². The smallest absolute Gasteiger partial charge is 0.270 e. The van der Waals surface area contributed by atoms with Crippen molar-refractivity contribution >= 4 is 5.91 Å². The highest BCUT2D eigenvalue weighted by Crippen LogP contribution is 2.18. The Morgan fingerprint density at radius 3 is 2.47 bits per heavy atom. The number of carbonyl (C=O) groups excluding carboxylic acids is 1. The van der Waals surface area contributed by atoms with Crippen LogP contribution in [0.2, 0.25) is 0 Å². The highest BCUT2D eigenvalue weighted by Gasteiger charge is 2.25. The first-order valence-electron chi connectivity index (χ1n) is 6.80. The number of aliphatic hydroxyl groups is 1.